The molecule has 2 rings (SSSR count). The number of alkyl halides is 1. The van der Waals surface area contributed by atoms with Gasteiger partial charge in [-0.1, -0.05) is 0 Å². The highest BCUT2D eigenvalue weighted by Gasteiger charge is 2.28. The number of phenolic OH excluding ortho intramolecular Hbond substituents is 1. The van der Waals surface area contributed by atoms with Crippen molar-refractivity contribution in [2.75, 3.05) is 12.4 Å². The monoisotopic (exact) mass is 271 g/mol. The summed E-state index contributed by atoms with van der Waals surface area (Å²) in [5.74, 6) is -0.862. The molecule has 1 aromatic carbocycles. The Balaban J connectivity index is 2.24. The molecule has 1 fully saturated rings. The molecular formula is C13H15ClFNO2. The van der Waals surface area contributed by atoms with Crippen LogP contribution in [0.1, 0.15) is 29.6 Å². The predicted octanol–water partition coefficient (Wildman–Crippen LogP) is 2.76. The van der Waals surface area contributed by atoms with Crippen molar-refractivity contribution in [2.45, 2.75) is 25.3 Å². The van der Waals surface area contributed by atoms with E-state index in [2.05, 4.69) is 0 Å². The second-order valence-corrected chi connectivity index (χ2v) is 4.78. The van der Waals surface area contributed by atoms with E-state index >= 15 is 0 Å². The summed E-state index contributed by atoms with van der Waals surface area (Å²) in [6.07, 6.45) is 2.81. The average Bonchev–Trinajstić information content (AvgIpc) is 2.38. The van der Waals surface area contributed by atoms with E-state index in [4.69, 9.17) is 16.7 Å². The molecule has 1 atom stereocenters. The van der Waals surface area contributed by atoms with Crippen molar-refractivity contribution in [3.63, 3.8) is 0 Å². The van der Waals surface area contributed by atoms with E-state index in [0.717, 1.165) is 25.3 Å². The van der Waals surface area contributed by atoms with Crippen LogP contribution in [0.3, 0.4) is 0 Å². The lowest BCUT2D eigenvalue weighted by Gasteiger charge is -2.34. The molecule has 1 aliphatic heterocycles. The number of likely N-dealkylation sites (tertiary alicyclic amines) is 1. The van der Waals surface area contributed by atoms with Crippen LogP contribution in [-0.2, 0) is 0 Å². The van der Waals surface area contributed by atoms with E-state index in [9.17, 15) is 9.18 Å². The van der Waals surface area contributed by atoms with E-state index in [1.165, 1.54) is 12.1 Å². The molecule has 1 N–H and O–H groups in total. The molecule has 5 heteroatoms. The van der Waals surface area contributed by atoms with Gasteiger partial charge in [0.05, 0.1) is 5.56 Å². The zero-order valence-electron chi connectivity index (χ0n) is 9.90. The van der Waals surface area contributed by atoms with Crippen LogP contribution in [0, 0.1) is 5.82 Å². The molecule has 0 aromatic heterocycles. The number of rotatable bonds is 2. The van der Waals surface area contributed by atoms with Gasteiger partial charge < -0.3 is 10.0 Å². The smallest absolute Gasteiger partial charge is 0.257 e. The zero-order valence-corrected chi connectivity index (χ0v) is 10.7. The number of piperidine rings is 1. The van der Waals surface area contributed by atoms with Crippen LogP contribution in [0.15, 0.2) is 18.2 Å². The van der Waals surface area contributed by atoms with Crippen molar-refractivity contribution in [1.29, 1.82) is 0 Å². The number of nitrogens with zero attached hydrogens (tertiary/aromatic N) is 1. The van der Waals surface area contributed by atoms with Gasteiger partial charge in [-0.3, -0.25) is 4.79 Å². The maximum absolute atomic E-state index is 13.6. The first-order valence-corrected chi connectivity index (χ1v) is 6.52. The summed E-state index contributed by atoms with van der Waals surface area (Å²) in [6.45, 7) is 0.608. The molecule has 0 saturated carbocycles. The molecule has 1 unspecified atom stereocenters. The second-order valence-electron chi connectivity index (χ2n) is 4.47. The molecule has 18 heavy (non-hydrogen) atoms. The van der Waals surface area contributed by atoms with E-state index in [-0.39, 0.29) is 23.3 Å². The topological polar surface area (TPSA) is 40.5 Å². The van der Waals surface area contributed by atoms with E-state index in [0.29, 0.717) is 12.4 Å². The molecule has 1 saturated heterocycles. The van der Waals surface area contributed by atoms with E-state index < -0.39 is 5.82 Å². The van der Waals surface area contributed by atoms with Crippen LogP contribution in [0.2, 0.25) is 0 Å². The van der Waals surface area contributed by atoms with Crippen molar-refractivity contribution in [3.05, 3.63) is 29.6 Å². The van der Waals surface area contributed by atoms with Gasteiger partial charge in [-0.05, 0) is 31.4 Å². The highest BCUT2D eigenvalue weighted by atomic mass is 35.5. The SMILES string of the molecule is O=C(c1ccc(O)cc1F)N1CCCCC1CCl. The van der Waals surface area contributed by atoms with Gasteiger partial charge in [0.2, 0.25) is 0 Å². The molecule has 1 aliphatic rings. The van der Waals surface area contributed by atoms with Gasteiger partial charge in [-0.25, -0.2) is 4.39 Å². The highest BCUT2D eigenvalue weighted by molar-refractivity contribution is 6.18. The van der Waals surface area contributed by atoms with Crippen molar-refractivity contribution in [3.8, 4) is 5.75 Å². The molecular weight excluding hydrogens is 257 g/mol. The zero-order chi connectivity index (χ0) is 13.1. The summed E-state index contributed by atoms with van der Waals surface area (Å²) in [7, 11) is 0. The fourth-order valence-electron chi connectivity index (χ4n) is 2.26. The van der Waals surface area contributed by atoms with Gasteiger partial charge in [0, 0.05) is 24.5 Å². The Hall–Kier alpha value is -1.29. The van der Waals surface area contributed by atoms with Crippen LogP contribution in [0.4, 0.5) is 4.39 Å². The Morgan fingerprint density at radius 1 is 1.50 bits per heavy atom. The number of benzene rings is 1. The quantitative estimate of drug-likeness (QED) is 0.841. The van der Waals surface area contributed by atoms with Crippen molar-refractivity contribution < 1.29 is 14.3 Å². The Morgan fingerprint density at radius 3 is 2.94 bits per heavy atom. The molecule has 1 heterocycles. The number of hydrogen-bond acceptors (Lipinski definition) is 2. The summed E-state index contributed by atoms with van der Waals surface area (Å²) in [6, 6.07) is 3.55. The Morgan fingerprint density at radius 2 is 2.28 bits per heavy atom. The Bertz CT molecular complexity index is 453. The highest BCUT2D eigenvalue weighted by Crippen LogP contribution is 2.23. The summed E-state index contributed by atoms with van der Waals surface area (Å²) < 4.78 is 13.6. The summed E-state index contributed by atoms with van der Waals surface area (Å²) in [4.78, 5) is 13.9. The maximum Gasteiger partial charge on any atom is 0.257 e. The molecule has 3 nitrogen and oxygen atoms in total. The van der Waals surface area contributed by atoms with Crippen LogP contribution in [0.5, 0.6) is 5.75 Å². The standard InChI is InChI=1S/C13H15ClFNO2/c14-8-9-3-1-2-6-16(9)13(18)11-5-4-10(17)7-12(11)15/h4-5,7,9,17H,1-3,6,8H2. The number of phenols is 1. The number of hydrogen-bond donors (Lipinski definition) is 1. The fourth-order valence-corrected chi connectivity index (χ4v) is 2.58. The predicted molar refractivity (Wildman–Crippen MR) is 67.5 cm³/mol. The van der Waals surface area contributed by atoms with E-state index in [1.807, 2.05) is 0 Å². The van der Waals surface area contributed by atoms with Gasteiger partial charge in [-0.2, -0.15) is 0 Å². The van der Waals surface area contributed by atoms with Crippen LogP contribution in [-0.4, -0.2) is 34.4 Å². The van der Waals surface area contributed by atoms with Gasteiger partial charge in [0.25, 0.3) is 5.91 Å². The first kappa shape index (κ1) is 13.1. The number of carbonyl (C=O) groups excluding carboxylic acids is 1. The third-order valence-electron chi connectivity index (χ3n) is 3.25. The third-order valence-corrected chi connectivity index (χ3v) is 3.61. The van der Waals surface area contributed by atoms with Crippen LogP contribution in [0.25, 0.3) is 0 Å². The molecule has 1 amide bonds. The molecule has 0 aliphatic carbocycles. The number of halogens is 2. The van der Waals surface area contributed by atoms with Crippen molar-refractivity contribution in [2.24, 2.45) is 0 Å². The van der Waals surface area contributed by atoms with Gasteiger partial charge in [-0.15, -0.1) is 11.6 Å². The van der Waals surface area contributed by atoms with Crippen LogP contribution < -0.4 is 0 Å². The van der Waals surface area contributed by atoms with Crippen molar-refractivity contribution >= 4 is 17.5 Å². The minimum atomic E-state index is -0.695. The van der Waals surface area contributed by atoms with E-state index in [1.54, 1.807) is 4.90 Å². The fraction of sp³-hybridized carbons (Fsp3) is 0.462. The van der Waals surface area contributed by atoms with Gasteiger partial charge in [0.1, 0.15) is 11.6 Å². The maximum atomic E-state index is 13.6. The number of carbonyl (C=O) groups is 1. The lowest BCUT2D eigenvalue weighted by Crippen LogP contribution is -2.45. The number of aromatic hydroxyl groups is 1. The normalized spacial score (nSPS) is 19.9. The molecule has 98 valence electrons. The summed E-state index contributed by atoms with van der Waals surface area (Å²) in [5, 5.41) is 9.14. The lowest BCUT2D eigenvalue weighted by molar-refractivity contribution is 0.0634. The third kappa shape index (κ3) is 2.58. The first-order valence-electron chi connectivity index (χ1n) is 5.99. The lowest BCUT2D eigenvalue weighted by atomic mass is 10.0. The minimum absolute atomic E-state index is 0.00943. The van der Waals surface area contributed by atoms with Gasteiger partial charge in [0.15, 0.2) is 0 Å². The summed E-state index contributed by atoms with van der Waals surface area (Å²) in [5.41, 5.74) is -0.00943. The molecule has 0 radical (unpaired) electrons. The van der Waals surface area contributed by atoms with Crippen molar-refractivity contribution in [1.82, 2.24) is 4.90 Å². The Kier molecular flexibility index (Phi) is 4.07. The summed E-state index contributed by atoms with van der Waals surface area (Å²) >= 11 is 5.84. The van der Waals surface area contributed by atoms with Gasteiger partial charge >= 0.3 is 0 Å². The first-order chi connectivity index (χ1) is 8.63. The van der Waals surface area contributed by atoms with Crippen LogP contribution >= 0.6 is 11.6 Å². The largest absolute Gasteiger partial charge is 0.508 e. The average molecular weight is 272 g/mol. The molecule has 1 aromatic rings. The minimum Gasteiger partial charge on any atom is -0.508 e. The second kappa shape index (κ2) is 5.57. The molecule has 0 bridgehead atoms. The Labute approximate surface area is 110 Å². The number of amides is 1. The molecule has 0 spiro atoms.